The Bertz CT molecular complexity index is 861. The van der Waals surface area contributed by atoms with Crippen molar-refractivity contribution in [2.24, 2.45) is 0 Å². The van der Waals surface area contributed by atoms with Crippen LogP contribution < -0.4 is 4.90 Å². The molecule has 0 amide bonds. The fourth-order valence-corrected chi connectivity index (χ4v) is 3.41. The van der Waals surface area contributed by atoms with Crippen molar-refractivity contribution in [3.05, 3.63) is 59.9 Å². The number of imidazole rings is 1. The first-order valence-corrected chi connectivity index (χ1v) is 8.33. The summed E-state index contributed by atoms with van der Waals surface area (Å²) in [4.78, 5) is 6.91. The summed E-state index contributed by atoms with van der Waals surface area (Å²) >= 11 is 0. The molecule has 0 bridgehead atoms. The Morgan fingerprint density at radius 2 is 2.04 bits per heavy atom. The van der Waals surface area contributed by atoms with Crippen molar-refractivity contribution in [3.8, 4) is 0 Å². The highest BCUT2D eigenvalue weighted by molar-refractivity contribution is 5.79. The predicted molar refractivity (Wildman–Crippen MR) is 92.7 cm³/mol. The molecule has 0 spiro atoms. The van der Waals surface area contributed by atoms with Crippen molar-refractivity contribution in [1.29, 1.82) is 0 Å². The molecule has 1 aromatic heterocycles. The predicted octanol–water partition coefficient (Wildman–Crippen LogP) is 3.18. The number of anilines is 1. The van der Waals surface area contributed by atoms with Gasteiger partial charge in [0.15, 0.2) is 0 Å². The second kappa shape index (κ2) is 6.24. The summed E-state index contributed by atoms with van der Waals surface area (Å²) < 4.78 is 15.7. The molecular formula is C19H20FN3O. The van der Waals surface area contributed by atoms with Gasteiger partial charge in [-0.2, -0.15) is 0 Å². The van der Waals surface area contributed by atoms with E-state index in [4.69, 9.17) is 4.98 Å². The molecule has 4 nitrogen and oxygen atoms in total. The van der Waals surface area contributed by atoms with Crippen molar-refractivity contribution >= 4 is 17.0 Å². The standard InChI is InChI=1S/C19H20FN3O/c20-15-6-3-5-14(11-15)12-23-18-9-2-1-8-17(18)21-19(23)22-10-4-7-16(24)13-22/h1-3,5-6,8-9,11,16,24H,4,7,10,12-13H2. The first-order chi connectivity index (χ1) is 11.7. The lowest BCUT2D eigenvalue weighted by atomic mass is 10.1. The van der Waals surface area contributed by atoms with Crippen molar-refractivity contribution < 1.29 is 9.50 Å². The minimum atomic E-state index is -0.318. The molecule has 4 rings (SSSR count). The number of aliphatic hydroxyl groups excluding tert-OH is 1. The first kappa shape index (κ1) is 15.1. The summed E-state index contributed by atoms with van der Waals surface area (Å²) in [6.45, 7) is 2.02. The molecule has 1 aliphatic heterocycles. The average molecular weight is 325 g/mol. The van der Waals surface area contributed by atoms with Crippen LogP contribution in [0.1, 0.15) is 18.4 Å². The Kier molecular flexibility index (Phi) is 3.94. The smallest absolute Gasteiger partial charge is 0.206 e. The van der Waals surface area contributed by atoms with Gasteiger partial charge in [0, 0.05) is 13.1 Å². The molecule has 1 saturated heterocycles. The Morgan fingerprint density at radius 3 is 2.88 bits per heavy atom. The molecule has 0 radical (unpaired) electrons. The highest BCUT2D eigenvalue weighted by Crippen LogP contribution is 2.26. The van der Waals surface area contributed by atoms with Crippen molar-refractivity contribution in [2.45, 2.75) is 25.5 Å². The minimum Gasteiger partial charge on any atom is -0.391 e. The number of hydrogen-bond acceptors (Lipinski definition) is 3. The van der Waals surface area contributed by atoms with Crippen LogP contribution in [-0.4, -0.2) is 33.9 Å². The quantitative estimate of drug-likeness (QED) is 0.804. The van der Waals surface area contributed by atoms with Gasteiger partial charge in [-0.1, -0.05) is 24.3 Å². The molecule has 3 aromatic rings. The summed E-state index contributed by atoms with van der Waals surface area (Å²) in [5, 5.41) is 10.0. The van der Waals surface area contributed by atoms with E-state index in [0.717, 1.165) is 41.9 Å². The Balaban J connectivity index is 1.78. The first-order valence-electron chi connectivity index (χ1n) is 8.33. The fraction of sp³-hybridized carbons (Fsp3) is 0.316. The van der Waals surface area contributed by atoms with E-state index in [0.29, 0.717) is 13.1 Å². The number of halogens is 1. The van der Waals surface area contributed by atoms with Gasteiger partial charge in [0.2, 0.25) is 5.95 Å². The van der Waals surface area contributed by atoms with Gasteiger partial charge in [-0.05, 0) is 42.7 Å². The van der Waals surface area contributed by atoms with Gasteiger partial charge in [0.25, 0.3) is 0 Å². The molecular weight excluding hydrogens is 305 g/mol. The van der Waals surface area contributed by atoms with Crippen LogP contribution in [-0.2, 0) is 6.54 Å². The van der Waals surface area contributed by atoms with E-state index in [1.54, 1.807) is 12.1 Å². The highest BCUT2D eigenvalue weighted by atomic mass is 19.1. The van der Waals surface area contributed by atoms with Gasteiger partial charge in [-0.25, -0.2) is 9.37 Å². The minimum absolute atomic E-state index is 0.230. The van der Waals surface area contributed by atoms with E-state index < -0.39 is 0 Å². The topological polar surface area (TPSA) is 41.3 Å². The third kappa shape index (κ3) is 2.87. The van der Waals surface area contributed by atoms with E-state index in [-0.39, 0.29) is 11.9 Å². The van der Waals surface area contributed by atoms with Gasteiger partial charge in [-0.3, -0.25) is 0 Å². The maximum atomic E-state index is 13.5. The second-order valence-corrected chi connectivity index (χ2v) is 6.36. The van der Waals surface area contributed by atoms with E-state index in [1.165, 1.54) is 6.07 Å². The molecule has 1 fully saturated rings. The Labute approximate surface area is 140 Å². The third-order valence-electron chi connectivity index (χ3n) is 4.54. The van der Waals surface area contributed by atoms with Gasteiger partial charge in [-0.15, -0.1) is 0 Å². The number of β-amino-alcohol motifs (C(OH)–C–C–N with tert-alkyl or cyclic N) is 1. The van der Waals surface area contributed by atoms with Gasteiger partial charge in [0.1, 0.15) is 5.82 Å². The van der Waals surface area contributed by atoms with E-state index >= 15 is 0 Å². The van der Waals surface area contributed by atoms with E-state index in [9.17, 15) is 9.50 Å². The average Bonchev–Trinajstić information content (AvgIpc) is 2.94. The normalized spacial score (nSPS) is 18.2. The molecule has 5 heteroatoms. The number of benzene rings is 2. The Morgan fingerprint density at radius 1 is 1.17 bits per heavy atom. The number of piperidine rings is 1. The summed E-state index contributed by atoms with van der Waals surface area (Å²) in [7, 11) is 0. The number of para-hydroxylation sites is 2. The maximum Gasteiger partial charge on any atom is 0.206 e. The molecule has 24 heavy (non-hydrogen) atoms. The number of fused-ring (bicyclic) bond motifs is 1. The summed E-state index contributed by atoms with van der Waals surface area (Å²) in [5.41, 5.74) is 2.85. The van der Waals surface area contributed by atoms with Crippen LogP contribution >= 0.6 is 0 Å². The van der Waals surface area contributed by atoms with Crippen LogP contribution in [0.4, 0.5) is 10.3 Å². The maximum absolute atomic E-state index is 13.5. The van der Waals surface area contributed by atoms with Crippen LogP contribution in [0.3, 0.4) is 0 Å². The van der Waals surface area contributed by atoms with Crippen LogP contribution in [0.5, 0.6) is 0 Å². The lowest BCUT2D eigenvalue weighted by Crippen LogP contribution is -2.39. The molecule has 124 valence electrons. The molecule has 1 N–H and O–H groups in total. The molecule has 1 aliphatic rings. The summed E-state index contributed by atoms with van der Waals surface area (Å²) in [6, 6.07) is 14.6. The number of hydrogen-bond donors (Lipinski definition) is 1. The molecule has 2 aromatic carbocycles. The van der Waals surface area contributed by atoms with Gasteiger partial charge in [0.05, 0.1) is 23.7 Å². The molecule has 1 atom stereocenters. The van der Waals surface area contributed by atoms with Crippen LogP contribution in [0.15, 0.2) is 48.5 Å². The molecule has 2 heterocycles. The third-order valence-corrected chi connectivity index (χ3v) is 4.54. The van der Waals surface area contributed by atoms with E-state index in [2.05, 4.69) is 9.47 Å². The zero-order valence-corrected chi connectivity index (χ0v) is 13.4. The van der Waals surface area contributed by atoms with Crippen molar-refractivity contribution in [3.63, 3.8) is 0 Å². The van der Waals surface area contributed by atoms with Gasteiger partial charge >= 0.3 is 0 Å². The summed E-state index contributed by atoms with van der Waals surface area (Å²) in [5.74, 6) is 0.617. The van der Waals surface area contributed by atoms with Crippen molar-refractivity contribution in [1.82, 2.24) is 9.55 Å². The van der Waals surface area contributed by atoms with Crippen LogP contribution in [0.2, 0.25) is 0 Å². The van der Waals surface area contributed by atoms with E-state index in [1.807, 2.05) is 30.3 Å². The lowest BCUT2D eigenvalue weighted by molar-refractivity contribution is 0.153. The number of aromatic nitrogens is 2. The molecule has 0 aliphatic carbocycles. The summed E-state index contributed by atoms with van der Waals surface area (Å²) in [6.07, 6.45) is 1.46. The highest BCUT2D eigenvalue weighted by Gasteiger charge is 2.23. The largest absolute Gasteiger partial charge is 0.391 e. The number of rotatable bonds is 3. The second-order valence-electron chi connectivity index (χ2n) is 6.36. The number of nitrogens with zero attached hydrogens (tertiary/aromatic N) is 3. The lowest BCUT2D eigenvalue weighted by Gasteiger charge is -2.31. The van der Waals surface area contributed by atoms with Gasteiger partial charge < -0.3 is 14.6 Å². The zero-order valence-electron chi connectivity index (χ0n) is 13.4. The molecule has 0 saturated carbocycles. The zero-order chi connectivity index (χ0) is 16.5. The Hall–Kier alpha value is -2.40. The monoisotopic (exact) mass is 325 g/mol. The van der Waals surface area contributed by atoms with Crippen LogP contribution in [0, 0.1) is 5.82 Å². The van der Waals surface area contributed by atoms with Crippen LogP contribution in [0.25, 0.3) is 11.0 Å². The fourth-order valence-electron chi connectivity index (χ4n) is 3.41. The number of aliphatic hydroxyl groups is 1. The van der Waals surface area contributed by atoms with Crippen molar-refractivity contribution in [2.75, 3.05) is 18.0 Å². The molecule has 1 unspecified atom stereocenters. The SMILES string of the molecule is OC1CCCN(c2nc3ccccc3n2Cc2cccc(F)c2)C1.